The molecule has 0 fully saturated rings. The second kappa shape index (κ2) is 11.0. The molecule has 3 rings (SSSR count). The van der Waals surface area contributed by atoms with Gasteiger partial charge in [-0.25, -0.2) is 8.42 Å². The molecule has 0 spiro atoms. The average molecular weight is 495 g/mol. The Balaban J connectivity index is 1.63. The minimum absolute atomic E-state index is 0.190. The van der Waals surface area contributed by atoms with E-state index in [4.69, 9.17) is 4.74 Å². The Morgan fingerprint density at radius 1 is 0.857 bits per heavy atom. The van der Waals surface area contributed by atoms with Crippen LogP contribution in [0.25, 0.3) is 0 Å². The van der Waals surface area contributed by atoms with Crippen molar-refractivity contribution in [3.05, 3.63) is 93.5 Å². The maximum atomic E-state index is 12.6. The fraction of sp³-hybridized carbons (Fsp3) is 0.321. The normalized spacial score (nSPS) is 11.3. The summed E-state index contributed by atoms with van der Waals surface area (Å²) in [5, 5.41) is 2.86. The number of nitrogens with zero attached hydrogens (tertiary/aromatic N) is 1. The standard InChI is InChI=1S/C28H34N2O4S/c1-19-15-22(4)27(23(5)16-19)30(35(6,32)33)18-24-8-10-25(11-9-24)28(31)29-13-14-34-26-12-7-20(2)21(3)17-26/h7-12,15-17H,13-14,18H2,1-6H3,(H,29,31). The van der Waals surface area contributed by atoms with Gasteiger partial charge in [-0.2, -0.15) is 0 Å². The summed E-state index contributed by atoms with van der Waals surface area (Å²) in [7, 11) is -3.50. The highest BCUT2D eigenvalue weighted by molar-refractivity contribution is 7.92. The minimum atomic E-state index is -3.50. The lowest BCUT2D eigenvalue weighted by Gasteiger charge is -2.26. The highest BCUT2D eigenvalue weighted by Gasteiger charge is 2.22. The number of ether oxygens (including phenoxy) is 1. The number of hydrogen-bond donors (Lipinski definition) is 1. The molecule has 0 aliphatic carbocycles. The second-order valence-electron chi connectivity index (χ2n) is 9.06. The zero-order valence-corrected chi connectivity index (χ0v) is 22.1. The van der Waals surface area contributed by atoms with Crippen LogP contribution in [0.4, 0.5) is 5.69 Å². The van der Waals surface area contributed by atoms with Gasteiger partial charge < -0.3 is 10.1 Å². The second-order valence-corrected chi connectivity index (χ2v) is 11.0. The Morgan fingerprint density at radius 2 is 1.49 bits per heavy atom. The summed E-state index contributed by atoms with van der Waals surface area (Å²) in [6.45, 7) is 10.9. The lowest BCUT2D eigenvalue weighted by molar-refractivity contribution is 0.0947. The van der Waals surface area contributed by atoms with Gasteiger partial charge in [-0.05, 0) is 86.7 Å². The van der Waals surface area contributed by atoms with Gasteiger partial charge in [-0.3, -0.25) is 9.10 Å². The summed E-state index contributed by atoms with van der Waals surface area (Å²) in [5.74, 6) is 0.576. The van der Waals surface area contributed by atoms with Crippen LogP contribution in [0.3, 0.4) is 0 Å². The van der Waals surface area contributed by atoms with Crippen LogP contribution in [0.1, 0.15) is 43.7 Å². The van der Waals surface area contributed by atoms with Crippen LogP contribution in [0.15, 0.2) is 54.6 Å². The van der Waals surface area contributed by atoms with Gasteiger partial charge in [0.15, 0.2) is 0 Å². The number of carbonyl (C=O) groups excluding carboxylic acids is 1. The van der Waals surface area contributed by atoms with Gasteiger partial charge in [-0.1, -0.05) is 35.9 Å². The Bertz CT molecular complexity index is 1290. The molecule has 0 saturated carbocycles. The first-order chi connectivity index (χ1) is 16.5. The van der Waals surface area contributed by atoms with Gasteiger partial charge >= 0.3 is 0 Å². The summed E-state index contributed by atoms with van der Waals surface area (Å²) in [5.41, 5.74) is 7.28. The number of carbonyl (C=O) groups is 1. The molecule has 1 N–H and O–H groups in total. The predicted molar refractivity (Wildman–Crippen MR) is 142 cm³/mol. The van der Waals surface area contributed by atoms with Crippen molar-refractivity contribution in [3.8, 4) is 5.75 Å². The third-order valence-corrected chi connectivity index (χ3v) is 7.07. The molecule has 1 amide bonds. The van der Waals surface area contributed by atoms with Crippen molar-refractivity contribution in [3.63, 3.8) is 0 Å². The van der Waals surface area contributed by atoms with E-state index in [2.05, 4.69) is 5.32 Å². The van der Waals surface area contributed by atoms with Crippen molar-refractivity contribution in [2.45, 2.75) is 41.2 Å². The number of nitrogens with one attached hydrogen (secondary N) is 1. The van der Waals surface area contributed by atoms with Crippen LogP contribution < -0.4 is 14.4 Å². The molecule has 0 aliphatic rings. The van der Waals surface area contributed by atoms with Crippen LogP contribution in [-0.2, 0) is 16.6 Å². The molecule has 3 aromatic carbocycles. The molecule has 0 unspecified atom stereocenters. The van der Waals surface area contributed by atoms with Gasteiger partial charge in [-0.15, -0.1) is 0 Å². The lowest BCUT2D eigenvalue weighted by atomic mass is 10.0. The molecule has 186 valence electrons. The first-order valence-electron chi connectivity index (χ1n) is 11.6. The summed E-state index contributed by atoms with van der Waals surface area (Å²) in [6, 6.07) is 16.9. The van der Waals surface area contributed by atoms with E-state index in [9.17, 15) is 13.2 Å². The molecule has 0 radical (unpaired) electrons. The van der Waals surface area contributed by atoms with Crippen molar-refractivity contribution in [1.82, 2.24) is 5.32 Å². The number of rotatable bonds is 9. The molecule has 3 aromatic rings. The summed E-state index contributed by atoms with van der Waals surface area (Å²) >= 11 is 0. The average Bonchev–Trinajstić information content (AvgIpc) is 2.77. The van der Waals surface area contributed by atoms with Gasteiger partial charge in [0.2, 0.25) is 10.0 Å². The number of benzene rings is 3. The van der Waals surface area contributed by atoms with Gasteiger partial charge in [0.05, 0.1) is 25.0 Å². The Labute approximate surface area is 209 Å². The monoisotopic (exact) mass is 494 g/mol. The zero-order chi connectivity index (χ0) is 25.8. The zero-order valence-electron chi connectivity index (χ0n) is 21.3. The van der Waals surface area contributed by atoms with Gasteiger partial charge in [0.25, 0.3) is 5.91 Å². The van der Waals surface area contributed by atoms with E-state index in [-0.39, 0.29) is 12.5 Å². The third kappa shape index (κ3) is 6.85. The van der Waals surface area contributed by atoms with E-state index in [1.807, 2.05) is 65.0 Å². The number of sulfonamides is 1. The maximum absolute atomic E-state index is 12.6. The quantitative estimate of drug-likeness (QED) is 0.425. The third-order valence-electron chi connectivity index (χ3n) is 5.96. The first kappa shape index (κ1) is 26.3. The van der Waals surface area contributed by atoms with Gasteiger partial charge in [0, 0.05) is 5.56 Å². The van der Waals surface area contributed by atoms with Crippen molar-refractivity contribution in [1.29, 1.82) is 0 Å². The van der Waals surface area contributed by atoms with Crippen molar-refractivity contribution < 1.29 is 17.9 Å². The number of aryl methyl sites for hydroxylation is 5. The molecular formula is C28H34N2O4S. The van der Waals surface area contributed by atoms with Crippen LogP contribution in [0.5, 0.6) is 5.75 Å². The van der Waals surface area contributed by atoms with E-state index in [0.717, 1.165) is 33.6 Å². The molecule has 35 heavy (non-hydrogen) atoms. The van der Waals surface area contributed by atoms with Crippen molar-refractivity contribution >= 4 is 21.6 Å². The SMILES string of the molecule is Cc1cc(C)c(N(Cc2ccc(C(=O)NCCOc3ccc(C)c(C)c3)cc2)S(C)(=O)=O)c(C)c1. The number of amides is 1. The smallest absolute Gasteiger partial charge is 0.251 e. The van der Waals surface area contributed by atoms with Gasteiger partial charge in [0.1, 0.15) is 12.4 Å². The van der Waals surface area contributed by atoms with E-state index in [1.54, 1.807) is 24.3 Å². The largest absolute Gasteiger partial charge is 0.492 e. The molecule has 7 heteroatoms. The van der Waals surface area contributed by atoms with Crippen LogP contribution in [0, 0.1) is 34.6 Å². The summed E-state index contributed by atoms with van der Waals surface area (Å²) in [4.78, 5) is 12.5. The summed E-state index contributed by atoms with van der Waals surface area (Å²) < 4.78 is 32.4. The summed E-state index contributed by atoms with van der Waals surface area (Å²) in [6.07, 6.45) is 1.22. The van der Waals surface area contributed by atoms with Crippen LogP contribution >= 0.6 is 0 Å². The fourth-order valence-corrected chi connectivity index (χ4v) is 5.10. The fourth-order valence-electron chi connectivity index (χ4n) is 4.09. The Kier molecular flexibility index (Phi) is 8.22. The highest BCUT2D eigenvalue weighted by atomic mass is 32.2. The number of hydrogen-bond acceptors (Lipinski definition) is 4. The van der Waals surface area contributed by atoms with E-state index >= 15 is 0 Å². The van der Waals surface area contributed by atoms with E-state index in [0.29, 0.717) is 24.4 Å². The van der Waals surface area contributed by atoms with Crippen LogP contribution in [-0.4, -0.2) is 33.7 Å². The van der Waals surface area contributed by atoms with Crippen molar-refractivity contribution in [2.24, 2.45) is 0 Å². The van der Waals surface area contributed by atoms with E-state index < -0.39 is 10.0 Å². The Morgan fingerprint density at radius 3 is 2.06 bits per heavy atom. The molecular weight excluding hydrogens is 460 g/mol. The molecule has 0 atom stereocenters. The lowest BCUT2D eigenvalue weighted by Crippen LogP contribution is -2.31. The highest BCUT2D eigenvalue weighted by Crippen LogP contribution is 2.29. The van der Waals surface area contributed by atoms with E-state index in [1.165, 1.54) is 16.1 Å². The first-order valence-corrected chi connectivity index (χ1v) is 13.4. The molecule has 0 saturated heterocycles. The maximum Gasteiger partial charge on any atom is 0.251 e. The topological polar surface area (TPSA) is 75.7 Å². The number of anilines is 1. The molecule has 0 bridgehead atoms. The molecule has 0 aromatic heterocycles. The minimum Gasteiger partial charge on any atom is -0.492 e. The molecule has 0 aliphatic heterocycles. The Hall–Kier alpha value is -3.32. The predicted octanol–water partition coefficient (Wildman–Crippen LogP) is 5.00. The van der Waals surface area contributed by atoms with Crippen molar-refractivity contribution in [2.75, 3.05) is 23.7 Å². The molecule has 0 heterocycles. The molecule has 6 nitrogen and oxygen atoms in total. The van der Waals surface area contributed by atoms with Crippen LogP contribution in [0.2, 0.25) is 0 Å².